The average molecular weight is 329 g/mol. The van der Waals surface area contributed by atoms with Crippen molar-refractivity contribution < 1.29 is 4.79 Å². The minimum atomic E-state index is 0.215. The molecule has 2 aromatic rings. The summed E-state index contributed by atoms with van der Waals surface area (Å²) in [6.45, 7) is 2.34. The number of anilines is 1. The molecule has 0 spiro atoms. The molecule has 0 unspecified atom stereocenters. The molecule has 0 saturated carbocycles. The van der Waals surface area contributed by atoms with E-state index in [9.17, 15) is 4.79 Å². The molecule has 1 aliphatic heterocycles. The van der Waals surface area contributed by atoms with Crippen molar-refractivity contribution in [2.24, 2.45) is 5.92 Å². The van der Waals surface area contributed by atoms with Crippen LogP contribution in [0.1, 0.15) is 31.4 Å². The monoisotopic (exact) mass is 329 g/mol. The fourth-order valence-corrected chi connectivity index (χ4v) is 3.17. The van der Waals surface area contributed by atoms with Crippen molar-refractivity contribution in [1.29, 1.82) is 0 Å². The molecule has 128 valence electrons. The Bertz CT molecular complexity index is 658. The molecule has 1 atom stereocenters. The Kier molecular flexibility index (Phi) is 5.35. The number of hydrogen-bond donors (Lipinski definition) is 1. The van der Waals surface area contributed by atoms with Gasteiger partial charge in [-0.3, -0.25) is 14.5 Å². The molecule has 1 amide bonds. The lowest BCUT2D eigenvalue weighted by Gasteiger charge is -2.33. The van der Waals surface area contributed by atoms with Crippen LogP contribution < -0.4 is 5.73 Å². The van der Waals surface area contributed by atoms with Crippen LogP contribution in [-0.4, -0.2) is 48.6 Å². The minimum absolute atomic E-state index is 0.215. The normalized spacial score (nSPS) is 17.8. The first-order chi connectivity index (χ1) is 11.7. The van der Waals surface area contributed by atoms with Crippen LogP contribution in [0, 0.1) is 5.92 Å². The molecule has 3 rings (SSSR count). The molecule has 0 bridgehead atoms. The Balaban J connectivity index is 1.47. The topological polar surface area (TPSA) is 103 Å². The van der Waals surface area contributed by atoms with Gasteiger partial charge in [-0.05, 0) is 31.6 Å². The highest BCUT2D eigenvalue weighted by molar-refractivity contribution is 5.76. The predicted octanol–water partition coefficient (Wildman–Crippen LogP) is 0.912. The van der Waals surface area contributed by atoms with Crippen molar-refractivity contribution in [3.8, 4) is 0 Å². The zero-order valence-electron chi connectivity index (χ0n) is 13.7. The lowest BCUT2D eigenvalue weighted by Crippen LogP contribution is -2.40. The van der Waals surface area contributed by atoms with E-state index in [1.54, 1.807) is 23.4 Å². The third-order valence-corrected chi connectivity index (χ3v) is 4.40. The summed E-state index contributed by atoms with van der Waals surface area (Å²) in [5.74, 6) is 1.11. The Hall–Kier alpha value is -2.51. The number of likely N-dealkylation sites (tertiary alicyclic amines) is 1. The van der Waals surface area contributed by atoms with E-state index in [-0.39, 0.29) is 5.91 Å². The lowest BCUT2D eigenvalue weighted by molar-refractivity contribution is -0.133. The number of carbonyl (C=O) groups excluding carboxylic acids is 1. The van der Waals surface area contributed by atoms with Crippen molar-refractivity contribution >= 4 is 11.7 Å². The standard InChI is InChI=1S/C16H23N7O/c17-16-14(19-5-6-20-16)9-13-3-1-7-22(10-13)15(24)4-2-8-23-12-18-11-21-23/h5-6,11-13H,1-4,7-10H2,(H2,17,20)/t13-/m0/s1. The number of carbonyl (C=O) groups is 1. The van der Waals surface area contributed by atoms with E-state index >= 15 is 0 Å². The van der Waals surface area contributed by atoms with Crippen LogP contribution in [0.3, 0.4) is 0 Å². The molecule has 3 heterocycles. The molecule has 2 N–H and O–H groups in total. The van der Waals surface area contributed by atoms with Crippen LogP contribution >= 0.6 is 0 Å². The second kappa shape index (κ2) is 7.85. The van der Waals surface area contributed by atoms with Gasteiger partial charge in [0.2, 0.25) is 5.91 Å². The second-order valence-electron chi connectivity index (χ2n) is 6.20. The van der Waals surface area contributed by atoms with Gasteiger partial charge in [0.05, 0.1) is 5.69 Å². The average Bonchev–Trinajstić information content (AvgIpc) is 3.10. The number of piperidine rings is 1. The van der Waals surface area contributed by atoms with Gasteiger partial charge >= 0.3 is 0 Å². The summed E-state index contributed by atoms with van der Waals surface area (Å²) in [5, 5.41) is 4.05. The van der Waals surface area contributed by atoms with E-state index in [2.05, 4.69) is 20.1 Å². The van der Waals surface area contributed by atoms with Crippen LogP contribution in [0.5, 0.6) is 0 Å². The van der Waals surface area contributed by atoms with Crippen molar-refractivity contribution in [2.75, 3.05) is 18.8 Å². The largest absolute Gasteiger partial charge is 0.382 e. The molecule has 1 fully saturated rings. The van der Waals surface area contributed by atoms with E-state index in [4.69, 9.17) is 5.73 Å². The summed E-state index contributed by atoms with van der Waals surface area (Å²) < 4.78 is 1.75. The molecule has 2 aromatic heterocycles. The van der Waals surface area contributed by atoms with Gasteiger partial charge in [-0.2, -0.15) is 5.10 Å². The molecule has 1 aliphatic rings. The minimum Gasteiger partial charge on any atom is -0.382 e. The first-order valence-electron chi connectivity index (χ1n) is 8.38. The van der Waals surface area contributed by atoms with Gasteiger partial charge < -0.3 is 10.6 Å². The lowest BCUT2D eigenvalue weighted by atomic mass is 9.93. The third-order valence-electron chi connectivity index (χ3n) is 4.40. The predicted molar refractivity (Wildman–Crippen MR) is 88.7 cm³/mol. The smallest absolute Gasteiger partial charge is 0.222 e. The number of nitrogens with zero attached hydrogens (tertiary/aromatic N) is 6. The summed E-state index contributed by atoms with van der Waals surface area (Å²) in [4.78, 5) is 26.7. The van der Waals surface area contributed by atoms with Crippen molar-refractivity contribution in [3.63, 3.8) is 0 Å². The molecule has 0 aliphatic carbocycles. The maximum atomic E-state index is 12.4. The summed E-state index contributed by atoms with van der Waals surface area (Å²) in [6, 6.07) is 0. The summed E-state index contributed by atoms with van der Waals surface area (Å²) >= 11 is 0. The van der Waals surface area contributed by atoms with Crippen LogP contribution in [0.15, 0.2) is 25.0 Å². The molecule has 8 nitrogen and oxygen atoms in total. The highest BCUT2D eigenvalue weighted by Crippen LogP contribution is 2.22. The maximum Gasteiger partial charge on any atom is 0.222 e. The van der Waals surface area contributed by atoms with Crippen molar-refractivity contribution in [1.82, 2.24) is 29.6 Å². The zero-order valence-corrected chi connectivity index (χ0v) is 13.7. The Morgan fingerprint density at radius 1 is 1.33 bits per heavy atom. The number of rotatable bonds is 6. The molecule has 0 aromatic carbocycles. The highest BCUT2D eigenvalue weighted by Gasteiger charge is 2.24. The Morgan fingerprint density at radius 2 is 2.21 bits per heavy atom. The molecule has 24 heavy (non-hydrogen) atoms. The summed E-state index contributed by atoms with van der Waals surface area (Å²) in [6.07, 6.45) is 10.7. The first kappa shape index (κ1) is 16.4. The molecule has 8 heteroatoms. The van der Waals surface area contributed by atoms with Gasteiger partial charge in [-0.15, -0.1) is 0 Å². The quantitative estimate of drug-likeness (QED) is 0.845. The van der Waals surface area contributed by atoms with Crippen LogP contribution in [0.2, 0.25) is 0 Å². The number of amides is 1. The van der Waals surface area contributed by atoms with Crippen LogP contribution in [0.4, 0.5) is 5.82 Å². The van der Waals surface area contributed by atoms with Gasteiger partial charge in [0.25, 0.3) is 0 Å². The number of aromatic nitrogens is 5. The van der Waals surface area contributed by atoms with Gasteiger partial charge in [0.15, 0.2) is 0 Å². The molecular formula is C16H23N7O. The van der Waals surface area contributed by atoms with Gasteiger partial charge in [0, 0.05) is 38.4 Å². The number of nitrogens with two attached hydrogens (primary N) is 1. The van der Waals surface area contributed by atoms with E-state index in [1.165, 1.54) is 6.33 Å². The zero-order chi connectivity index (χ0) is 16.8. The molecular weight excluding hydrogens is 306 g/mol. The Labute approximate surface area is 141 Å². The van der Waals surface area contributed by atoms with E-state index in [0.29, 0.717) is 18.2 Å². The van der Waals surface area contributed by atoms with Crippen molar-refractivity contribution in [2.45, 2.75) is 38.6 Å². The second-order valence-corrected chi connectivity index (χ2v) is 6.20. The fourth-order valence-electron chi connectivity index (χ4n) is 3.17. The van der Waals surface area contributed by atoms with Crippen LogP contribution in [-0.2, 0) is 17.8 Å². The van der Waals surface area contributed by atoms with E-state index in [1.807, 2.05) is 4.90 Å². The number of hydrogen-bond acceptors (Lipinski definition) is 6. The van der Waals surface area contributed by atoms with Crippen LogP contribution in [0.25, 0.3) is 0 Å². The summed E-state index contributed by atoms with van der Waals surface area (Å²) in [5.41, 5.74) is 6.71. The van der Waals surface area contributed by atoms with Gasteiger partial charge in [0.1, 0.15) is 18.5 Å². The SMILES string of the molecule is Nc1nccnc1C[C@@H]1CCCN(C(=O)CCCn2cncn2)C1. The van der Waals surface area contributed by atoms with Gasteiger partial charge in [-0.1, -0.05) is 0 Å². The van der Waals surface area contributed by atoms with Gasteiger partial charge in [-0.25, -0.2) is 9.97 Å². The first-order valence-corrected chi connectivity index (χ1v) is 8.38. The molecule has 0 radical (unpaired) electrons. The Morgan fingerprint density at radius 3 is 3.00 bits per heavy atom. The van der Waals surface area contributed by atoms with Crippen molar-refractivity contribution in [3.05, 3.63) is 30.7 Å². The molecule has 1 saturated heterocycles. The fraction of sp³-hybridized carbons (Fsp3) is 0.562. The maximum absolute atomic E-state index is 12.4. The number of aryl methyl sites for hydroxylation is 1. The van der Waals surface area contributed by atoms with E-state index in [0.717, 1.165) is 51.0 Å². The number of nitrogen functional groups attached to an aromatic ring is 1. The highest BCUT2D eigenvalue weighted by atomic mass is 16.2. The van der Waals surface area contributed by atoms with E-state index < -0.39 is 0 Å². The summed E-state index contributed by atoms with van der Waals surface area (Å²) in [7, 11) is 0. The third kappa shape index (κ3) is 4.27.